The van der Waals surface area contributed by atoms with Gasteiger partial charge in [0.05, 0.1) is 6.20 Å². The number of hydrogen-bond acceptors (Lipinski definition) is 3. The molecule has 100 valence electrons. The van der Waals surface area contributed by atoms with Gasteiger partial charge in [0, 0.05) is 18.8 Å². The number of carbonyl (C=O) groups excluding carboxylic acids is 1. The van der Waals surface area contributed by atoms with Crippen LogP contribution in [0.3, 0.4) is 0 Å². The maximum atomic E-state index is 12.9. The fourth-order valence-electron chi connectivity index (χ4n) is 2.07. The van der Waals surface area contributed by atoms with Gasteiger partial charge in [-0.2, -0.15) is 0 Å². The Labute approximate surface area is 109 Å². The van der Waals surface area contributed by atoms with Crippen molar-refractivity contribution in [3.05, 3.63) is 35.9 Å². The van der Waals surface area contributed by atoms with E-state index in [1.54, 1.807) is 0 Å². The molecule has 1 aliphatic heterocycles. The number of likely N-dealkylation sites (tertiary alicyclic amines) is 1. The normalized spacial score (nSPS) is 19.0. The molecule has 1 aliphatic rings. The Morgan fingerprint density at radius 3 is 2.95 bits per heavy atom. The first-order valence-electron chi connectivity index (χ1n) is 5.90. The van der Waals surface area contributed by atoms with Gasteiger partial charge in [-0.05, 0) is 30.5 Å². The van der Waals surface area contributed by atoms with Crippen LogP contribution in [-0.4, -0.2) is 39.5 Å². The highest BCUT2D eigenvalue weighted by atomic mass is 19.1. The van der Waals surface area contributed by atoms with Crippen molar-refractivity contribution in [2.45, 2.75) is 18.9 Å². The number of carbonyl (C=O) groups is 2. The van der Waals surface area contributed by atoms with E-state index in [0.717, 1.165) is 6.20 Å². The molecule has 1 amide bonds. The zero-order chi connectivity index (χ0) is 13.8. The second-order valence-corrected chi connectivity index (χ2v) is 4.30. The van der Waals surface area contributed by atoms with Crippen molar-refractivity contribution in [3.63, 3.8) is 0 Å². The average molecular weight is 264 g/mol. The van der Waals surface area contributed by atoms with Crippen LogP contribution in [0.2, 0.25) is 0 Å². The lowest BCUT2D eigenvalue weighted by Crippen LogP contribution is -2.39. The molecule has 2 heterocycles. The first-order chi connectivity index (χ1) is 9.08. The van der Waals surface area contributed by atoms with E-state index in [-0.39, 0.29) is 5.91 Å². The van der Waals surface area contributed by atoms with E-state index in [1.807, 2.05) is 0 Å². The first kappa shape index (κ1) is 13.2. The Morgan fingerprint density at radius 2 is 2.26 bits per heavy atom. The maximum absolute atomic E-state index is 12.9. The zero-order valence-electron chi connectivity index (χ0n) is 10.1. The lowest BCUT2D eigenvalue weighted by atomic mass is 10.2. The average Bonchev–Trinajstić information content (AvgIpc) is 2.85. The summed E-state index contributed by atoms with van der Waals surface area (Å²) in [4.78, 5) is 27.8. The molecule has 1 unspecified atom stereocenters. The third-order valence-corrected chi connectivity index (χ3v) is 2.97. The Bertz CT molecular complexity index is 530. The van der Waals surface area contributed by atoms with Gasteiger partial charge in [0.25, 0.3) is 0 Å². The molecule has 2 rings (SSSR count). The number of pyridine rings is 1. The lowest BCUT2D eigenvalue weighted by molar-refractivity contribution is -0.146. The summed E-state index contributed by atoms with van der Waals surface area (Å²) in [6.45, 7) is 0.432. The predicted octanol–water partition coefficient (Wildman–Crippen LogP) is 1.31. The summed E-state index contributed by atoms with van der Waals surface area (Å²) in [5.41, 5.74) is 0.458. The van der Waals surface area contributed by atoms with E-state index >= 15 is 0 Å². The smallest absolute Gasteiger partial charge is 0.326 e. The van der Waals surface area contributed by atoms with Gasteiger partial charge >= 0.3 is 5.97 Å². The molecule has 6 heteroatoms. The van der Waals surface area contributed by atoms with Crippen molar-refractivity contribution in [2.75, 3.05) is 6.54 Å². The quantitative estimate of drug-likeness (QED) is 0.836. The van der Waals surface area contributed by atoms with Crippen LogP contribution in [0.25, 0.3) is 6.08 Å². The molecule has 1 aromatic rings. The molecule has 0 aliphatic carbocycles. The van der Waals surface area contributed by atoms with Crippen LogP contribution in [0, 0.1) is 5.82 Å². The molecule has 19 heavy (non-hydrogen) atoms. The molecule has 0 spiro atoms. The molecule has 1 fully saturated rings. The number of nitrogens with zero attached hydrogens (tertiary/aromatic N) is 2. The van der Waals surface area contributed by atoms with Gasteiger partial charge < -0.3 is 10.0 Å². The SMILES string of the molecule is O=C(O)C1CCCN1C(=O)/C=C/c1cncc(F)c1. The van der Waals surface area contributed by atoms with Gasteiger partial charge in [-0.1, -0.05) is 0 Å². The zero-order valence-corrected chi connectivity index (χ0v) is 10.1. The van der Waals surface area contributed by atoms with Gasteiger partial charge in [-0.25, -0.2) is 9.18 Å². The summed E-state index contributed by atoms with van der Waals surface area (Å²) in [7, 11) is 0. The molecule has 0 aromatic carbocycles. The second-order valence-electron chi connectivity index (χ2n) is 4.30. The van der Waals surface area contributed by atoms with Gasteiger partial charge in [-0.15, -0.1) is 0 Å². The minimum Gasteiger partial charge on any atom is -0.480 e. The number of aromatic nitrogens is 1. The van der Waals surface area contributed by atoms with Crippen molar-refractivity contribution >= 4 is 18.0 Å². The Hall–Kier alpha value is -2.24. The van der Waals surface area contributed by atoms with Crippen molar-refractivity contribution in [3.8, 4) is 0 Å². The topological polar surface area (TPSA) is 70.5 Å². The largest absolute Gasteiger partial charge is 0.480 e. The summed E-state index contributed by atoms with van der Waals surface area (Å²) < 4.78 is 12.9. The summed E-state index contributed by atoms with van der Waals surface area (Å²) in [6, 6.07) is 0.484. The standard InChI is InChI=1S/C13H13FN2O3/c14-10-6-9(7-15-8-10)3-4-12(17)16-5-1-2-11(16)13(18)19/h3-4,6-8,11H,1-2,5H2,(H,18,19)/b4-3+. The van der Waals surface area contributed by atoms with E-state index in [9.17, 15) is 14.0 Å². The van der Waals surface area contributed by atoms with Crippen molar-refractivity contribution in [2.24, 2.45) is 0 Å². The minimum atomic E-state index is -0.994. The number of rotatable bonds is 3. The first-order valence-corrected chi connectivity index (χ1v) is 5.90. The Morgan fingerprint density at radius 1 is 1.47 bits per heavy atom. The Balaban J connectivity index is 2.06. The van der Waals surface area contributed by atoms with E-state index in [2.05, 4.69) is 4.98 Å². The molecule has 1 aromatic heterocycles. The van der Waals surface area contributed by atoms with Gasteiger partial charge in [-0.3, -0.25) is 9.78 Å². The summed E-state index contributed by atoms with van der Waals surface area (Å²) in [5.74, 6) is -1.86. The third kappa shape index (κ3) is 3.15. The molecule has 5 nitrogen and oxygen atoms in total. The number of aliphatic carboxylic acids is 1. The van der Waals surface area contributed by atoms with Crippen molar-refractivity contribution in [1.82, 2.24) is 9.88 Å². The molecule has 1 N–H and O–H groups in total. The van der Waals surface area contributed by atoms with Crippen LogP contribution in [0.15, 0.2) is 24.5 Å². The van der Waals surface area contributed by atoms with Crippen LogP contribution in [0.4, 0.5) is 4.39 Å². The maximum Gasteiger partial charge on any atom is 0.326 e. The molecule has 0 saturated carbocycles. The highest BCUT2D eigenvalue weighted by molar-refractivity contribution is 5.94. The third-order valence-electron chi connectivity index (χ3n) is 2.97. The van der Waals surface area contributed by atoms with Gasteiger partial charge in [0.1, 0.15) is 11.9 Å². The fourth-order valence-corrected chi connectivity index (χ4v) is 2.07. The molecular weight excluding hydrogens is 251 g/mol. The van der Waals surface area contributed by atoms with Crippen LogP contribution >= 0.6 is 0 Å². The highest BCUT2D eigenvalue weighted by Gasteiger charge is 2.32. The fraction of sp³-hybridized carbons (Fsp3) is 0.308. The Kier molecular flexibility index (Phi) is 3.89. The van der Waals surface area contributed by atoms with Gasteiger partial charge in [0.15, 0.2) is 0 Å². The van der Waals surface area contributed by atoms with E-state index in [1.165, 1.54) is 29.3 Å². The van der Waals surface area contributed by atoms with E-state index in [0.29, 0.717) is 24.9 Å². The van der Waals surface area contributed by atoms with Crippen LogP contribution in [0.1, 0.15) is 18.4 Å². The number of hydrogen-bond donors (Lipinski definition) is 1. The van der Waals surface area contributed by atoms with Crippen LogP contribution in [0.5, 0.6) is 0 Å². The van der Waals surface area contributed by atoms with Crippen molar-refractivity contribution < 1.29 is 19.1 Å². The number of carboxylic acids is 1. The van der Waals surface area contributed by atoms with E-state index < -0.39 is 17.8 Å². The number of carboxylic acid groups (broad SMARTS) is 1. The minimum absolute atomic E-state index is 0.380. The number of amides is 1. The summed E-state index contributed by atoms with van der Waals surface area (Å²) >= 11 is 0. The van der Waals surface area contributed by atoms with Crippen LogP contribution in [-0.2, 0) is 9.59 Å². The molecular formula is C13H13FN2O3. The summed E-state index contributed by atoms with van der Waals surface area (Å²) in [6.07, 6.45) is 6.31. The van der Waals surface area contributed by atoms with Crippen LogP contribution < -0.4 is 0 Å². The highest BCUT2D eigenvalue weighted by Crippen LogP contribution is 2.18. The summed E-state index contributed by atoms with van der Waals surface area (Å²) in [5, 5.41) is 8.98. The van der Waals surface area contributed by atoms with Gasteiger partial charge in [0.2, 0.25) is 5.91 Å². The predicted molar refractivity (Wildman–Crippen MR) is 65.6 cm³/mol. The molecule has 1 saturated heterocycles. The van der Waals surface area contributed by atoms with E-state index in [4.69, 9.17) is 5.11 Å². The molecule has 0 radical (unpaired) electrons. The molecule has 1 atom stereocenters. The monoisotopic (exact) mass is 264 g/mol. The number of halogens is 1. The second kappa shape index (κ2) is 5.60. The van der Waals surface area contributed by atoms with Crippen molar-refractivity contribution in [1.29, 1.82) is 0 Å². The molecule has 0 bridgehead atoms. The lowest BCUT2D eigenvalue weighted by Gasteiger charge is -2.19.